The molecule has 0 unspecified atom stereocenters. The molecule has 0 amide bonds. The first kappa shape index (κ1) is 19.0. The average molecular weight is 382 g/mol. The van der Waals surface area contributed by atoms with E-state index in [4.69, 9.17) is 4.74 Å². The summed E-state index contributed by atoms with van der Waals surface area (Å²) in [5, 5.41) is 9.46. The number of carboxylic acids is 1. The van der Waals surface area contributed by atoms with Crippen LogP contribution in [0.1, 0.15) is 54.7 Å². The predicted molar refractivity (Wildman–Crippen MR) is 106 cm³/mol. The highest BCUT2D eigenvalue weighted by molar-refractivity contribution is 5.71. The van der Waals surface area contributed by atoms with E-state index in [1.54, 1.807) is 19.9 Å². The van der Waals surface area contributed by atoms with Gasteiger partial charge in [-0.3, -0.25) is 4.79 Å². The molecule has 28 heavy (non-hydrogen) atoms. The zero-order valence-electron chi connectivity index (χ0n) is 16.4. The van der Waals surface area contributed by atoms with E-state index in [1.165, 1.54) is 5.56 Å². The van der Waals surface area contributed by atoms with Crippen LogP contribution in [0, 0.1) is 30.5 Å². The van der Waals surface area contributed by atoms with E-state index in [0.29, 0.717) is 29.9 Å². The van der Waals surface area contributed by atoms with Crippen LogP contribution in [0.25, 0.3) is 0 Å². The Kier molecular flexibility index (Phi) is 5.13. The van der Waals surface area contributed by atoms with Gasteiger partial charge in [0.05, 0.1) is 12.5 Å². The van der Waals surface area contributed by atoms with Crippen molar-refractivity contribution in [3.63, 3.8) is 0 Å². The summed E-state index contributed by atoms with van der Waals surface area (Å²) >= 11 is 0. The molecule has 0 bridgehead atoms. The minimum Gasteiger partial charge on any atom is -0.493 e. The molecule has 2 saturated carbocycles. The molecule has 0 aliphatic heterocycles. The molecule has 1 N–H and O–H groups in total. The fraction of sp³-hybridized carbons (Fsp3) is 0.458. The Morgan fingerprint density at radius 3 is 2.71 bits per heavy atom. The summed E-state index contributed by atoms with van der Waals surface area (Å²) in [6.45, 7) is 4.23. The molecule has 4 atom stereocenters. The Labute approximate surface area is 165 Å². The van der Waals surface area contributed by atoms with E-state index in [9.17, 15) is 14.3 Å². The van der Waals surface area contributed by atoms with Gasteiger partial charge in [0.15, 0.2) is 0 Å². The van der Waals surface area contributed by atoms with Crippen molar-refractivity contribution in [3.8, 4) is 5.75 Å². The second-order valence-electron chi connectivity index (χ2n) is 8.48. The number of carbonyl (C=O) groups is 1. The summed E-state index contributed by atoms with van der Waals surface area (Å²) in [6, 6.07) is 13.3. The van der Waals surface area contributed by atoms with Gasteiger partial charge in [-0.1, -0.05) is 31.2 Å². The molecular weight excluding hydrogens is 355 g/mol. The summed E-state index contributed by atoms with van der Waals surface area (Å²) < 4.78 is 19.5. The molecule has 0 spiro atoms. The highest BCUT2D eigenvalue weighted by Crippen LogP contribution is 2.49. The number of hydrogen-bond acceptors (Lipinski definition) is 2. The van der Waals surface area contributed by atoms with Crippen LogP contribution in [0.15, 0.2) is 42.5 Å². The summed E-state index contributed by atoms with van der Waals surface area (Å²) in [4.78, 5) is 11.5. The number of hydrogen-bond donors (Lipinski definition) is 1. The first-order chi connectivity index (χ1) is 13.4. The maximum absolute atomic E-state index is 13.5. The quantitative estimate of drug-likeness (QED) is 0.653. The lowest BCUT2D eigenvalue weighted by atomic mass is 9.83. The van der Waals surface area contributed by atoms with Crippen molar-refractivity contribution in [2.45, 2.75) is 44.9 Å². The van der Waals surface area contributed by atoms with Crippen LogP contribution < -0.4 is 4.74 Å². The Morgan fingerprint density at radius 1 is 1.25 bits per heavy atom. The van der Waals surface area contributed by atoms with Crippen molar-refractivity contribution in [1.29, 1.82) is 0 Å². The van der Waals surface area contributed by atoms with Gasteiger partial charge in [-0.05, 0) is 78.8 Å². The minimum atomic E-state index is -0.737. The molecule has 2 aromatic rings. The lowest BCUT2D eigenvalue weighted by Gasteiger charge is -2.21. The lowest BCUT2D eigenvalue weighted by Crippen LogP contribution is -2.20. The summed E-state index contributed by atoms with van der Waals surface area (Å²) in [5.74, 6) is 0.930. The summed E-state index contributed by atoms with van der Waals surface area (Å²) in [7, 11) is 0. The highest BCUT2D eigenvalue weighted by Gasteiger charge is 2.40. The second kappa shape index (κ2) is 7.57. The molecule has 0 aromatic heterocycles. The van der Waals surface area contributed by atoms with Crippen LogP contribution in [0.4, 0.5) is 4.39 Å². The van der Waals surface area contributed by atoms with Crippen LogP contribution in [0.5, 0.6) is 5.75 Å². The number of carboxylic acid groups (broad SMARTS) is 1. The summed E-state index contributed by atoms with van der Waals surface area (Å²) in [6.07, 6.45) is 3.27. The van der Waals surface area contributed by atoms with E-state index in [2.05, 4.69) is 0 Å². The third-order valence-electron chi connectivity index (χ3n) is 6.30. The molecule has 2 fully saturated rings. The van der Waals surface area contributed by atoms with E-state index in [-0.39, 0.29) is 11.7 Å². The Balaban J connectivity index is 1.39. The molecular formula is C24H27FO3. The summed E-state index contributed by atoms with van der Waals surface area (Å²) in [5.41, 5.74) is 2.94. The number of benzene rings is 2. The van der Waals surface area contributed by atoms with Crippen LogP contribution in [-0.4, -0.2) is 17.7 Å². The second-order valence-corrected chi connectivity index (χ2v) is 8.48. The van der Waals surface area contributed by atoms with Crippen LogP contribution in [0.2, 0.25) is 0 Å². The molecule has 148 valence electrons. The SMILES string of the molecule is Cc1cc([C@H]2C[C@@H]2COc2cccc([C@H](C3CC3)[C@H](C)C(=O)O)c2)ccc1F. The third-order valence-corrected chi connectivity index (χ3v) is 6.30. The monoisotopic (exact) mass is 382 g/mol. The Hall–Kier alpha value is -2.36. The molecule has 0 saturated heterocycles. The smallest absolute Gasteiger partial charge is 0.306 e. The molecule has 0 radical (unpaired) electrons. The van der Waals surface area contributed by atoms with Gasteiger partial charge >= 0.3 is 5.97 Å². The largest absolute Gasteiger partial charge is 0.493 e. The van der Waals surface area contributed by atoms with Crippen molar-refractivity contribution in [3.05, 3.63) is 65.0 Å². The van der Waals surface area contributed by atoms with Gasteiger partial charge < -0.3 is 9.84 Å². The van der Waals surface area contributed by atoms with Crippen LogP contribution >= 0.6 is 0 Å². The number of aryl methyl sites for hydroxylation is 1. The third kappa shape index (κ3) is 4.06. The average Bonchev–Trinajstić information content (AvgIpc) is 3.58. The zero-order chi connectivity index (χ0) is 19.8. The van der Waals surface area contributed by atoms with E-state index in [1.807, 2.05) is 36.4 Å². The maximum atomic E-state index is 13.5. The highest BCUT2D eigenvalue weighted by atomic mass is 19.1. The van der Waals surface area contributed by atoms with Crippen molar-refractivity contribution in [2.75, 3.05) is 6.61 Å². The fourth-order valence-corrected chi connectivity index (χ4v) is 4.33. The minimum absolute atomic E-state index is 0.0527. The van der Waals surface area contributed by atoms with Crippen LogP contribution in [0.3, 0.4) is 0 Å². The number of rotatable bonds is 8. The first-order valence-electron chi connectivity index (χ1n) is 10.2. The van der Waals surface area contributed by atoms with E-state index in [0.717, 1.165) is 30.6 Å². The number of halogens is 1. The topological polar surface area (TPSA) is 46.5 Å². The first-order valence-corrected chi connectivity index (χ1v) is 10.2. The molecule has 0 heterocycles. The molecule has 2 aromatic carbocycles. The van der Waals surface area contributed by atoms with Crippen molar-refractivity contribution < 1.29 is 19.0 Å². The van der Waals surface area contributed by atoms with Gasteiger partial charge in [-0.25, -0.2) is 4.39 Å². The molecule has 2 aliphatic carbocycles. The fourth-order valence-electron chi connectivity index (χ4n) is 4.33. The van der Waals surface area contributed by atoms with Gasteiger partial charge in [0.25, 0.3) is 0 Å². The van der Waals surface area contributed by atoms with Gasteiger partial charge in [0, 0.05) is 5.92 Å². The van der Waals surface area contributed by atoms with E-state index >= 15 is 0 Å². The number of aliphatic carboxylic acids is 1. The van der Waals surface area contributed by atoms with E-state index < -0.39 is 11.9 Å². The van der Waals surface area contributed by atoms with Gasteiger partial charge in [0.2, 0.25) is 0 Å². The number of ether oxygens (including phenoxy) is 1. The van der Waals surface area contributed by atoms with Gasteiger partial charge in [-0.15, -0.1) is 0 Å². The van der Waals surface area contributed by atoms with Crippen molar-refractivity contribution in [1.82, 2.24) is 0 Å². The molecule has 3 nitrogen and oxygen atoms in total. The van der Waals surface area contributed by atoms with Gasteiger partial charge in [-0.2, -0.15) is 0 Å². The normalized spacial score (nSPS) is 23.1. The van der Waals surface area contributed by atoms with Crippen molar-refractivity contribution >= 4 is 5.97 Å². The molecule has 4 heteroatoms. The lowest BCUT2D eigenvalue weighted by molar-refractivity contribution is -0.142. The zero-order valence-corrected chi connectivity index (χ0v) is 16.4. The van der Waals surface area contributed by atoms with Crippen LogP contribution in [-0.2, 0) is 4.79 Å². The van der Waals surface area contributed by atoms with Crippen molar-refractivity contribution in [2.24, 2.45) is 17.8 Å². The van der Waals surface area contributed by atoms with Gasteiger partial charge in [0.1, 0.15) is 11.6 Å². The molecule has 2 aliphatic rings. The maximum Gasteiger partial charge on any atom is 0.306 e. The standard InChI is InChI=1S/C24H27FO3/c1-14-10-17(8-9-22(14)25)21-12-19(21)13-28-20-5-3-4-18(11-20)23(16-6-7-16)15(2)24(26)27/h3-5,8-11,15-16,19,21,23H,6-7,12-13H2,1-2H3,(H,26,27)/t15-,19+,21+,23-/m0/s1. The Bertz CT molecular complexity index is 874. The predicted octanol–water partition coefficient (Wildman–Crippen LogP) is 5.53. The Morgan fingerprint density at radius 2 is 2.04 bits per heavy atom. The molecule has 4 rings (SSSR count).